The summed E-state index contributed by atoms with van der Waals surface area (Å²) < 4.78 is 44.4. The second kappa shape index (κ2) is 6.03. The van der Waals surface area contributed by atoms with Crippen LogP contribution < -0.4 is 5.32 Å². The van der Waals surface area contributed by atoms with E-state index in [2.05, 4.69) is 15.5 Å². The lowest BCUT2D eigenvalue weighted by atomic mass is 9.84. The number of benzene rings is 1. The number of hydrogen-bond donors (Lipinski definition) is 1. The summed E-state index contributed by atoms with van der Waals surface area (Å²) in [5, 5.41) is 9.17. The Labute approximate surface area is 153 Å². The monoisotopic (exact) mass is 381 g/mol. The van der Waals surface area contributed by atoms with Crippen molar-refractivity contribution in [1.29, 1.82) is 0 Å². The highest BCUT2D eigenvalue weighted by Crippen LogP contribution is 2.52. The molecule has 1 N–H and O–H groups in total. The van der Waals surface area contributed by atoms with E-state index in [0.29, 0.717) is 0 Å². The van der Waals surface area contributed by atoms with E-state index in [9.17, 15) is 22.8 Å². The van der Waals surface area contributed by atoms with Crippen LogP contribution in [0.15, 0.2) is 34.5 Å². The summed E-state index contributed by atoms with van der Waals surface area (Å²) in [6, 6.07) is 4.85. The van der Waals surface area contributed by atoms with Crippen LogP contribution in [-0.4, -0.2) is 31.2 Å². The topological polar surface area (TPSA) is 80.1 Å². The zero-order chi connectivity index (χ0) is 19.4. The number of carbonyl (C=O) groups excluding carboxylic acids is 2. The highest BCUT2D eigenvalue weighted by molar-refractivity contribution is 5.95. The fourth-order valence-corrected chi connectivity index (χ4v) is 4.53. The van der Waals surface area contributed by atoms with E-state index in [1.54, 1.807) is 0 Å². The summed E-state index contributed by atoms with van der Waals surface area (Å²) in [6.45, 7) is 0. The largest absolute Gasteiger partial charge is 0.469 e. The zero-order valence-electron chi connectivity index (χ0n) is 14.5. The third-order valence-electron chi connectivity index (χ3n) is 5.91. The Morgan fingerprint density at radius 1 is 1.22 bits per heavy atom. The minimum Gasteiger partial charge on any atom is -0.469 e. The summed E-state index contributed by atoms with van der Waals surface area (Å²) >= 11 is 0. The van der Waals surface area contributed by atoms with Crippen LogP contribution in [0.2, 0.25) is 0 Å². The van der Waals surface area contributed by atoms with Gasteiger partial charge in [0.15, 0.2) is 0 Å². The van der Waals surface area contributed by atoms with Crippen LogP contribution in [-0.2, 0) is 15.2 Å². The molecule has 6 nitrogen and oxygen atoms in total. The number of esters is 1. The van der Waals surface area contributed by atoms with Crippen LogP contribution in [0.3, 0.4) is 0 Å². The van der Waals surface area contributed by atoms with Gasteiger partial charge in [-0.1, -0.05) is 12.1 Å². The second-order valence-corrected chi connectivity index (χ2v) is 7.33. The average Bonchev–Trinajstić information content (AvgIpc) is 3.25. The third-order valence-corrected chi connectivity index (χ3v) is 5.91. The van der Waals surface area contributed by atoms with Crippen molar-refractivity contribution in [3.8, 4) is 0 Å². The van der Waals surface area contributed by atoms with E-state index in [0.717, 1.165) is 25.3 Å². The molecule has 2 aliphatic carbocycles. The Hall–Kier alpha value is -2.45. The van der Waals surface area contributed by atoms with Crippen molar-refractivity contribution < 1.29 is 27.5 Å². The smallest absolute Gasteiger partial charge is 0.442 e. The lowest BCUT2D eigenvalue weighted by Crippen LogP contribution is -2.47. The SMILES string of the molecule is COC(=O)[C@H]1[C@@H]2CC[C@@H](C2)[C@H]1NC(=O)c1cccc(C2(C(F)(F)F)N=N2)c1. The van der Waals surface area contributed by atoms with Gasteiger partial charge in [0.2, 0.25) is 0 Å². The molecule has 1 aliphatic heterocycles. The van der Waals surface area contributed by atoms with E-state index in [1.807, 2.05) is 0 Å². The molecule has 0 unspecified atom stereocenters. The highest BCUT2D eigenvalue weighted by Gasteiger charge is 2.65. The van der Waals surface area contributed by atoms with Gasteiger partial charge in [0, 0.05) is 17.2 Å². The number of ether oxygens (including phenoxy) is 1. The van der Waals surface area contributed by atoms with Gasteiger partial charge in [-0.05, 0) is 43.2 Å². The molecule has 9 heteroatoms. The van der Waals surface area contributed by atoms with Crippen molar-refractivity contribution in [2.75, 3.05) is 7.11 Å². The number of rotatable bonds is 4. The van der Waals surface area contributed by atoms with Crippen molar-refractivity contribution in [3.05, 3.63) is 35.4 Å². The Kier molecular flexibility index (Phi) is 4.01. The van der Waals surface area contributed by atoms with Crippen molar-refractivity contribution in [2.24, 2.45) is 28.0 Å². The molecule has 2 bridgehead atoms. The van der Waals surface area contributed by atoms with Gasteiger partial charge in [-0.3, -0.25) is 9.59 Å². The first-order valence-electron chi connectivity index (χ1n) is 8.77. The molecule has 0 saturated heterocycles. The fraction of sp³-hybridized carbons (Fsp3) is 0.556. The van der Waals surface area contributed by atoms with Crippen LogP contribution in [0.1, 0.15) is 35.2 Å². The number of halogens is 3. The van der Waals surface area contributed by atoms with Crippen molar-refractivity contribution in [2.45, 2.75) is 37.1 Å². The molecule has 0 radical (unpaired) electrons. The lowest BCUT2D eigenvalue weighted by molar-refractivity contribution is -0.166. The van der Waals surface area contributed by atoms with Gasteiger partial charge in [-0.25, -0.2) is 0 Å². The van der Waals surface area contributed by atoms with E-state index >= 15 is 0 Å². The maximum absolute atomic E-state index is 13.2. The van der Waals surface area contributed by atoms with Crippen LogP contribution >= 0.6 is 0 Å². The van der Waals surface area contributed by atoms with Gasteiger partial charge < -0.3 is 10.1 Å². The van der Waals surface area contributed by atoms with Crippen molar-refractivity contribution >= 4 is 11.9 Å². The van der Waals surface area contributed by atoms with Crippen molar-refractivity contribution in [1.82, 2.24) is 5.32 Å². The maximum Gasteiger partial charge on any atom is 0.442 e. The number of carbonyl (C=O) groups is 2. The molecule has 2 fully saturated rings. The Morgan fingerprint density at radius 3 is 2.56 bits per heavy atom. The van der Waals surface area contributed by atoms with E-state index in [1.165, 1.54) is 25.3 Å². The van der Waals surface area contributed by atoms with E-state index in [4.69, 9.17) is 4.74 Å². The molecule has 4 rings (SSSR count). The number of amides is 1. The van der Waals surface area contributed by atoms with Crippen LogP contribution in [0, 0.1) is 17.8 Å². The average molecular weight is 381 g/mol. The first-order chi connectivity index (χ1) is 12.8. The zero-order valence-corrected chi connectivity index (χ0v) is 14.5. The van der Waals surface area contributed by atoms with Gasteiger partial charge in [-0.2, -0.15) is 13.2 Å². The van der Waals surface area contributed by atoms with Crippen LogP contribution in [0.4, 0.5) is 13.2 Å². The normalized spacial score (nSPS) is 30.2. The van der Waals surface area contributed by atoms with E-state index < -0.39 is 23.7 Å². The molecule has 1 aromatic rings. The second-order valence-electron chi connectivity index (χ2n) is 7.33. The third kappa shape index (κ3) is 2.80. The number of nitrogens with one attached hydrogen (secondary N) is 1. The molecule has 0 spiro atoms. The number of alkyl halides is 3. The van der Waals surface area contributed by atoms with Gasteiger partial charge in [0.25, 0.3) is 5.91 Å². The summed E-state index contributed by atoms with van der Waals surface area (Å²) in [6.07, 6.45) is -1.97. The molecule has 1 heterocycles. The fourth-order valence-electron chi connectivity index (χ4n) is 4.53. The Balaban J connectivity index is 1.54. The quantitative estimate of drug-likeness (QED) is 0.814. The molecular weight excluding hydrogens is 363 g/mol. The highest BCUT2D eigenvalue weighted by atomic mass is 19.4. The molecular formula is C18H18F3N3O3. The molecule has 0 aromatic heterocycles. The summed E-state index contributed by atoms with van der Waals surface area (Å²) in [5.41, 5.74) is -2.68. The predicted octanol–water partition coefficient (Wildman–Crippen LogP) is 3.19. The number of nitrogens with zero attached hydrogens (tertiary/aromatic N) is 2. The van der Waals surface area contributed by atoms with Gasteiger partial charge >= 0.3 is 17.8 Å². The maximum atomic E-state index is 13.2. The molecule has 1 amide bonds. The van der Waals surface area contributed by atoms with E-state index in [-0.39, 0.29) is 35.0 Å². The molecule has 144 valence electrons. The lowest BCUT2D eigenvalue weighted by Gasteiger charge is -2.29. The van der Waals surface area contributed by atoms with Gasteiger partial charge in [0.1, 0.15) is 0 Å². The molecule has 3 aliphatic rings. The summed E-state index contributed by atoms with van der Waals surface area (Å²) in [4.78, 5) is 24.8. The first kappa shape index (κ1) is 17.9. The Bertz CT molecular complexity index is 818. The Morgan fingerprint density at radius 2 is 1.93 bits per heavy atom. The minimum absolute atomic E-state index is 0.0832. The first-order valence-corrected chi connectivity index (χ1v) is 8.77. The standard InChI is InChI=1S/C18H18F3N3O3/c1-27-16(26)13-9-5-6-10(7-9)14(13)22-15(25)11-3-2-4-12(8-11)17(23-24-17)18(19,20)21/h2-4,8-10,13-14H,5-7H2,1H3,(H,22,25)/t9-,10+,13+,14-/m1/s1. The van der Waals surface area contributed by atoms with Crippen LogP contribution in [0.25, 0.3) is 0 Å². The number of methoxy groups -OCH3 is 1. The minimum atomic E-state index is -4.65. The molecule has 1 aromatic carbocycles. The summed E-state index contributed by atoms with van der Waals surface area (Å²) in [7, 11) is 1.32. The molecule has 2 saturated carbocycles. The van der Waals surface area contributed by atoms with Gasteiger partial charge in [-0.15, -0.1) is 10.2 Å². The summed E-state index contributed by atoms with van der Waals surface area (Å²) in [5.74, 6) is -0.914. The molecule has 4 atom stereocenters. The number of hydrogen-bond acceptors (Lipinski definition) is 5. The number of fused-ring (bicyclic) bond motifs is 2. The molecule has 27 heavy (non-hydrogen) atoms. The van der Waals surface area contributed by atoms with Crippen LogP contribution in [0.5, 0.6) is 0 Å². The van der Waals surface area contributed by atoms with Crippen molar-refractivity contribution in [3.63, 3.8) is 0 Å². The predicted molar refractivity (Wildman–Crippen MR) is 86.6 cm³/mol. The van der Waals surface area contributed by atoms with Gasteiger partial charge in [0.05, 0.1) is 13.0 Å².